The van der Waals surface area contributed by atoms with E-state index in [4.69, 9.17) is 0 Å². The molecule has 0 spiro atoms. The number of carbonyl (C=O) groups is 1. The summed E-state index contributed by atoms with van der Waals surface area (Å²) in [6.45, 7) is 0. The van der Waals surface area contributed by atoms with Crippen molar-refractivity contribution in [2.24, 2.45) is 0 Å². The van der Waals surface area contributed by atoms with Crippen LogP contribution >= 0.6 is 12.6 Å². The molecule has 2 nitrogen and oxygen atoms in total. The highest BCUT2D eigenvalue weighted by atomic mass is 32.1. The Morgan fingerprint density at radius 3 is 2.47 bits per heavy atom. The summed E-state index contributed by atoms with van der Waals surface area (Å²) in [4.78, 5) is 11.1. The third-order valence-electron chi connectivity index (χ3n) is 2.06. The summed E-state index contributed by atoms with van der Waals surface area (Å²) in [6.07, 6.45) is 4.02. The largest absolute Gasteiger partial charge is 0.465 e. The predicted molar refractivity (Wildman–Crippen MR) is 65.2 cm³/mol. The normalized spacial score (nSPS) is 10.8. The molecule has 0 aliphatic heterocycles. The van der Waals surface area contributed by atoms with Gasteiger partial charge in [-0.3, -0.25) is 0 Å². The molecule has 0 saturated heterocycles. The number of esters is 1. The molecular weight excluding hydrogens is 246 g/mol. The topological polar surface area (TPSA) is 26.3 Å². The average molecular weight is 258 g/mol. The highest BCUT2D eigenvalue weighted by Gasteiger charge is 2.18. The van der Waals surface area contributed by atoms with Crippen LogP contribution in [-0.4, -0.2) is 18.8 Å². The van der Waals surface area contributed by atoms with Crippen LogP contribution in [0.4, 0.5) is 8.78 Å². The quantitative estimate of drug-likeness (QED) is 0.663. The van der Waals surface area contributed by atoms with Crippen molar-refractivity contribution in [1.29, 1.82) is 0 Å². The van der Waals surface area contributed by atoms with Crippen LogP contribution in [-0.2, 0) is 4.74 Å². The monoisotopic (exact) mass is 258 g/mol. The number of hydrogen-bond donors (Lipinski definition) is 1. The summed E-state index contributed by atoms with van der Waals surface area (Å²) in [5.74, 6) is -2.22. The number of rotatable bonds is 4. The molecule has 0 atom stereocenters. The van der Waals surface area contributed by atoms with Gasteiger partial charge in [0.1, 0.15) is 17.2 Å². The van der Waals surface area contributed by atoms with Crippen LogP contribution in [0.25, 0.3) is 6.08 Å². The van der Waals surface area contributed by atoms with Crippen molar-refractivity contribution < 1.29 is 18.3 Å². The molecule has 5 heteroatoms. The van der Waals surface area contributed by atoms with E-state index in [1.54, 1.807) is 12.2 Å². The van der Waals surface area contributed by atoms with Gasteiger partial charge >= 0.3 is 5.97 Å². The summed E-state index contributed by atoms with van der Waals surface area (Å²) in [6, 6.07) is 2.18. The maximum absolute atomic E-state index is 13.5. The minimum atomic E-state index is -1.02. The fourth-order valence-electron chi connectivity index (χ4n) is 1.28. The smallest absolute Gasteiger partial charge is 0.343 e. The Kier molecular flexibility index (Phi) is 5.15. The SMILES string of the molecule is COC(=O)c1c(F)cc(C=CCCS)cc1F. The Hall–Kier alpha value is -1.36. The van der Waals surface area contributed by atoms with Gasteiger partial charge in [0, 0.05) is 0 Å². The number of carbonyl (C=O) groups excluding carboxylic acids is 1. The number of thiol groups is 1. The lowest BCUT2D eigenvalue weighted by Gasteiger charge is -2.04. The number of hydrogen-bond acceptors (Lipinski definition) is 3. The Morgan fingerprint density at radius 1 is 1.41 bits per heavy atom. The molecule has 1 aromatic carbocycles. The van der Waals surface area contributed by atoms with Crippen LogP contribution in [0.2, 0.25) is 0 Å². The van der Waals surface area contributed by atoms with Gasteiger partial charge in [-0.05, 0) is 29.9 Å². The van der Waals surface area contributed by atoms with E-state index in [0.29, 0.717) is 17.7 Å². The van der Waals surface area contributed by atoms with Gasteiger partial charge < -0.3 is 4.74 Å². The zero-order chi connectivity index (χ0) is 12.8. The highest BCUT2D eigenvalue weighted by molar-refractivity contribution is 7.80. The molecule has 0 saturated carbocycles. The molecule has 92 valence electrons. The molecule has 0 N–H and O–H groups in total. The predicted octanol–water partition coefficient (Wildman–Crippen LogP) is 3.08. The van der Waals surface area contributed by atoms with Gasteiger partial charge in [0.05, 0.1) is 7.11 Å². The van der Waals surface area contributed by atoms with Gasteiger partial charge in [0.2, 0.25) is 0 Å². The lowest BCUT2D eigenvalue weighted by molar-refractivity contribution is 0.0590. The molecule has 0 aliphatic rings. The zero-order valence-corrected chi connectivity index (χ0v) is 10.1. The van der Waals surface area contributed by atoms with Crippen LogP contribution in [0.15, 0.2) is 18.2 Å². The maximum atomic E-state index is 13.5. The number of ether oxygens (including phenoxy) is 1. The minimum Gasteiger partial charge on any atom is -0.465 e. The lowest BCUT2D eigenvalue weighted by Crippen LogP contribution is -2.08. The fraction of sp³-hybridized carbons (Fsp3) is 0.250. The zero-order valence-electron chi connectivity index (χ0n) is 9.24. The molecule has 0 amide bonds. The molecule has 0 aliphatic carbocycles. The van der Waals surface area contributed by atoms with E-state index in [2.05, 4.69) is 17.4 Å². The van der Waals surface area contributed by atoms with Crippen LogP contribution in [0.5, 0.6) is 0 Å². The molecule has 17 heavy (non-hydrogen) atoms. The number of halogens is 2. The van der Waals surface area contributed by atoms with Crippen molar-refractivity contribution in [3.8, 4) is 0 Å². The van der Waals surface area contributed by atoms with E-state index < -0.39 is 23.2 Å². The van der Waals surface area contributed by atoms with Crippen LogP contribution in [0.3, 0.4) is 0 Å². The second-order valence-electron chi connectivity index (χ2n) is 3.27. The highest BCUT2D eigenvalue weighted by Crippen LogP contribution is 2.17. The Morgan fingerprint density at radius 2 is 2.00 bits per heavy atom. The molecular formula is C12H12F2O2S. The second kappa shape index (κ2) is 6.39. The van der Waals surface area contributed by atoms with Crippen LogP contribution in [0.1, 0.15) is 22.3 Å². The van der Waals surface area contributed by atoms with E-state index >= 15 is 0 Å². The van der Waals surface area contributed by atoms with Gasteiger partial charge in [0.15, 0.2) is 0 Å². The summed E-state index contributed by atoms with van der Waals surface area (Å²) < 4.78 is 31.2. The first-order valence-corrected chi connectivity index (χ1v) is 5.58. The average Bonchev–Trinajstić information content (AvgIpc) is 2.28. The molecule has 0 heterocycles. The molecule has 0 aromatic heterocycles. The van der Waals surface area contributed by atoms with E-state index in [1.807, 2.05) is 0 Å². The fourth-order valence-corrected chi connectivity index (χ4v) is 1.43. The summed E-state index contributed by atoms with van der Waals surface area (Å²) >= 11 is 4.00. The van der Waals surface area contributed by atoms with Crippen molar-refractivity contribution in [2.75, 3.05) is 12.9 Å². The van der Waals surface area contributed by atoms with Crippen molar-refractivity contribution in [1.82, 2.24) is 0 Å². The standard InChI is InChI=1S/C12H12F2O2S/c1-16-12(15)11-9(13)6-8(7-10(11)14)4-2-3-5-17/h2,4,6-7,17H,3,5H2,1H3. The summed E-state index contributed by atoms with van der Waals surface area (Å²) in [5, 5.41) is 0. The van der Waals surface area contributed by atoms with Crippen molar-refractivity contribution in [3.63, 3.8) is 0 Å². The molecule has 1 rings (SSSR count). The lowest BCUT2D eigenvalue weighted by atomic mass is 10.1. The molecule has 0 unspecified atom stereocenters. The van der Waals surface area contributed by atoms with Crippen molar-refractivity contribution >= 4 is 24.7 Å². The molecule has 0 fully saturated rings. The third-order valence-corrected chi connectivity index (χ3v) is 2.32. The van der Waals surface area contributed by atoms with E-state index in [1.165, 1.54) is 0 Å². The van der Waals surface area contributed by atoms with E-state index in [-0.39, 0.29) is 0 Å². The summed E-state index contributed by atoms with van der Waals surface area (Å²) in [5.41, 5.74) is -0.312. The number of benzene rings is 1. The Bertz CT molecular complexity index is 421. The Labute approximate surface area is 104 Å². The third kappa shape index (κ3) is 3.56. The number of methoxy groups -OCH3 is 1. The Balaban J connectivity index is 3.05. The van der Waals surface area contributed by atoms with E-state index in [0.717, 1.165) is 19.2 Å². The maximum Gasteiger partial charge on any atom is 0.343 e. The van der Waals surface area contributed by atoms with Gasteiger partial charge in [-0.25, -0.2) is 13.6 Å². The molecule has 0 radical (unpaired) electrons. The first-order valence-electron chi connectivity index (χ1n) is 4.95. The minimum absolute atomic E-state index is 0.356. The van der Waals surface area contributed by atoms with Gasteiger partial charge in [-0.15, -0.1) is 0 Å². The van der Waals surface area contributed by atoms with Crippen molar-refractivity contribution in [3.05, 3.63) is 41.0 Å². The van der Waals surface area contributed by atoms with Gasteiger partial charge in [-0.1, -0.05) is 12.2 Å². The summed E-state index contributed by atoms with van der Waals surface area (Å²) in [7, 11) is 1.07. The first-order chi connectivity index (χ1) is 8.10. The van der Waals surface area contributed by atoms with Gasteiger partial charge in [0.25, 0.3) is 0 Å². The second-order valence-corrected chi connectivity index (χ2v) is 3.71. The van der Waals surface area contributed by atoms with Crippen LogP contribution < -0.4 is 0 Å². The van der Waals surface area contributed by atoms with Crippen molar-refractivity contribution in [2.45, 2.75) is 6.42 Å². The van der Waals surface area contributed by atoms with Gasteiger partial charge in [-0.2, -0.15) is 12.6 Å². The van der Waals surface area contributed by atoms with E-state index in [9.17, 15) is 13.6 Å². The first kappa shape index (κ1) is 13.7. The molecule has 0 bridgehead atoms. The van der Waals surface area contributed by atoms with Crippen LogP contribution in [0, 0.1) is 11.6 Å². The number of allylic oxidation sites excluding steroid dienone is 1. The molecule has 1 aromatic rings.